The number of halogens is 1. The molecule has 1 fully saturated rings. The van der Waals surface area contributed by atoms with Crippen LogP contribution in [0.1, 0.15) is 33.3 Å². The van der Waals surface area contributed by atoms with E-state index < -0.39 is 17.7 Å². The van der Waals surface area contributed by atoms with Crippen molar-refractivity contribution in [2.75, 3.05) is 4.90 Å². The number of hydrogen-bond donors (Lipinski definition) is 1. The number of ketones is 1. The largest absolute Gasteiger partial charge is 0.507 e. The molecule has 0 aliphatic carbocycles. The van der Waals surface area contributed by atoms with Crippen molar-refractivity contribution in [3.63, 3.8) is 0 Å². The molecule has 7 nitrogen and oxygen atoms in total. The van der Waals surface area contributed by atoms with E-state index in [1.54, 1.807) is 31.2 Å². The number of rotatable bonds is 6. The Hall–Kier alpha value is -3.57. The topological polar surface area (TPSA) is 92.6 Å². The van der Waals surface area contributed by atoms with Gasteiger partial charge in [0.25, 0.3) is 5.78 Å². The molecule has 1 aromatic heterocycles. The lowest BCUT2D eigenvalue weighted by molar-refractivity contribution is -0.132. The van der Waals surface area contributed by atoms with Gasteiger partial charge in [-0.3, -0.25) is 14.5 Å². The van der Waals surface area contributed by atoms with Gasteiger partial charge in [-0.25, -0.2) is 0 Å². The van der Waals surface area contributed by atoms with Crippen LogP contribution in [0, 0.1) is 17.4 Å². The number of aliphatic hydroxyl groups excluding tert-OH is 1. The highest BCUT2D eigenvalue weighted by molar-refractivity contribution is 14.1. The van der Waals surface area contributed by atoms with Crippen LogP contribution in [-0.2, 0) is 16.2 Å². The summed E-state index contributed by atoms with van der Waals surface area (Å²) in [4.78, 5) is 27.7. The van der Waals surface area contributed by atoms with Crippen molar-refractivity contribution in [1.29, 1.82) is 0 Å². The van der Waals surface area contributed by atoms with Crippen molar-refractivity contribution in [3.05, 3.63) is 109 Å². The summed E-state index contributed by atoms with van der Waals surface area (Å²) in [7, 11) is 0. The first-order valence-electron chi connectivity index (χ1n) is 11.5. The van der Waals surface area contributed by atoms with Gasteiger partial charge < -0.3 is 9.84 Å². The molecule has 1 N–H and O–H groups in total. The molecule has 0 bridgehead atoms. The van der Waals surface area contributed by atoms with Crippen molar-refractivity contribution < 1.29 is 19.4 Å². The Morgan fingerprint density at radius 2 is 1.70 bits per heavy atom. The average molecular weight is 623 g/mol. The van der Waals surface area contributed by atoms with Crippen molar-refractivity contribution in [1.82, 2.24) is 10.2 Å². The summed E-state index contributed by atoms with van der Waals surface area (Å²) in [6, 6.07) is 21.4. The molecule has 0 spiro atoms. The zero-order valence-electron chi connectivity index (χ0n) is 20.0. The van der Waals surface area contributed by atoms with E-state index in [2.05, 4.69) is 32.8 Å². The van der Waals surface area contributed by atoms with E-state index in [4.69, 9.17) is 4.74 Å². The number of hydrogen-bond acceptors (Lipinski definition) is 7. The van der Waals surface area contributed by atoms with Crippen LogP contribution >= 0.6 is 33.9 Å². The summed E-state index contributed by atoms with van der Waals surface area (Å²) in [5.74, 6) is -1.15. The lowest BCUT2D eigenvalue weighted by Crippen LogP contribution is -2.29. The number of Topliss-reactive ketones (excluding diaryl/α,β-unsaturated/α-hetero) is 1. The zero-order chi connectivity index (χ0) is 26.1. The maximum Gasteiger partial charge on any atom is 0.301 e. The molecule has 9 heteroatoms. The Kier molecular flexibility index (Phi) is 7.07. The summed E-state index contributed by atoms with van der Waals surface area (Å²) in [6.45, 7) is 4.22. The smallest absolute Gasteiger partial charge is 0.301 e. The number of benzene rings is 3. The van der Waals surface area contributed by atoms with Crippen LogP contribution in [0.2, 0.25) is 0 Å². The molecule has 1 amide bonds. The SMILES string of the molecule is Cc1nnc(N2C(=O)C(=O)C(=C(O)c3ccc(OCc4ccccc4C)cc3)C2c2ccc(I)cc2)s1. The molecular formula is C28H22IN3O4S. The average Bonchev–Trinajstić information content (AvgIpc) is 3.44. The van der Waals surface area contributed by atoms with Crippen molar-refractivity contribution in [3.8, 4) is 5.75 Å². The van der Waals surface area contributed by atoms with Gasteiger partial charge in [-0.2, -0.15) is 0 Å². The Morgan fingerprint density at radius 3 is 2.35 bits per heavy atom. The predicted octanol–water partition coefficient (Wildman–Crippen LogP) is 5.96. The second-order valence-corrected chi connectivity index (χ2v) is 11.0. The standard InChI is InChI=1S/C28H22IN3O4S/c1-16-5-3-4-6-20(16)15-36-22-13-9-19(10-14-22)25(33)23-24(18-7-11-21(29)12-8-18)32(27(35)26(23)34)28-31-30-17(2)37-28/h3-14,24,33H,15H2,1-2H3. The highest BCUT2D eigenvalue weighted by atomic mass is 127. The number of nitrogens with zero attached hydrogens (tertiary/aromatic N) is 3. The highest BCUT2D eigenvalue weighted by Gasteiger charge is 2.48. The molecule has 1 aliphatic rings. The minimum atomic E-state index is -0.832. The predicted molar refractivity (Wildman–Crippen MR) is 151 cm³/mol. The maximum absolute atomic E-state index is 13.2. The monoisotopic (exact) mass is 623 g/mol. The van der Waals surface area contributed by atoms with Gasteiger partial charge in [0.05, 0.1) is 11.6 Å². The summed E-state index contributed by atoms with van der Waals surface area (Å²) in [5.41, 5.74) is 3.33. The summed E-state index contributed by atoms with van der Waals surface area (Å²) >= 11 is 3.41. The minimum absolute atomic E-state index is 0.00707. The molecule has 3 aromatic carbocycles. The second kappa shape index (κ2) is 10.4. The molecule has 4 aromatic rings. The Bertz CT molecular complexity index is 1510. The summed E-state index contributed by atoms with van der Waals surface area (Å²) in [5, 5.41) is 20.4. The van der Waals surface area contributed by atoms with E-state index in [0.717, 1.165) is 14.7 Å². The number of amides is 1. The van der Waals surface area contributed by atoms with E-state index in [0.29, 0.717) is 33.6 Å². The number of anilines is 1. The van der Waals surface area contributed by atoms with Gasteiger partial charge in [0.15, 0.2) is 0 Å². The van der Waals surface area contributed by atoms with Gasteiger partial charge in [-0.15, -0.1) is 10.2 Å². The highest BCUT2D eigenvalue weighted by Crippen LogP contribution is 2.43. The van der Waals surface area contributed by atoms with Crippen molar-refractivity contribution in [2.24, 2.45) is 0 Å². The van der Waals surface area contributed by atoms with Crippen LogP contribution in [-0.4, -0.2) is 27.0 Å². The summed E-state index contributed by atoms with van der Waals surface area (Å²) < 4.78 is 6.91. The number of aryl methyl sites for hydroxylation is 2. The quantitative estimate of drug-likeness (QED) is 0.123. The minimum Gasteiger partial charge on any atom is -0.507 e. The number of carbonyl (C=O) groups excluding carboxylic acids is 2. The fraction of sp³-hybridized carbons (Fsp3) is 0.143. The Balaban J connectivity index is 1.50. The van der Waals surface area contributed by atoms with E-state index in [1.807, 2.05) is 55.5 Å². The van der Waals surface area contributed by atoms with E-state index >= 15 is 0 Å². The van der Waals surface area contributed by atoms with Crippen LogP contribution in [0.4, 0.5) is 5.13 Å². The Morgan fingerprint density at radius 1 is 1.00 bits per heavy atom. The molecule has 2 heterocycles. The van der Waals surface area contributed by atoms with Gasteiger partial charge in [0.1, 0.15) is 23.1 Å². The molecule has 1 unspecified atom stereocenters. The van der Waals surface area contributed by atoms with Gasteiger partial charge in [-0.05, 0) is 89.5 Å². The molecular weight excluding hydrogens is 601 g/mol. The molecule has 0 radical (unpaired) electrons. The normalized spacial score (nSPS) is 16.8. The fourth-order valence-electron chi connectivity index (χ4n) is 4.17. The Labute approximate surface area is 231 Å². The lowest BCUT2D eigenvalue weighted by Gasteiger charge is -2.22. The summed E-state index contributed by atoms with van der Waals surface area (Å²) in [6.07, 6.45) is 0. The van der Waals surface area contributed by atoms with Crippen molar-refractivity contribution in [2.45, 2.75) is 26.5 Å². The van der Waals surface area contributed by atoms with E-state index in [9.17, 15) is 14.7 Å². The molecule has 186 valence electrons. The number of aromatic nitrogens is 2. The first-order valence-corrected chi connectivity index (χ1v) is 13.4. The third-order valence-corrected chi connectivity index (χ3v) is 7.69. The number of carbonyl (C=O) groups is 2. The molecule has 37 heavy (non-hydrogen) atoms. The van der Waals surface area contributed by atoms with Crippen molar-refractivity contribution >= 4 is 56.5 Å². The molecule has 5 rings (SSSR count). The third kappa shape index (κ3) is 5.01. The molecule has 0 saturated carbocycles. The van der Waals surface area contributed by atoms with Crippen LogP contribution in [0.5, 0.6) is 5.75 Å². The van der Waals surface area contributed by atoms with Crippen LogP contribution < -0.4 is 9.64 Å². The van der Waals surface area contributed by atoms with Crippen LogP contribution in [0.15, 0.2) is 78.4 Å². The number of ether oxygens (including phenoxy) is 1. The lowest BCUT2D eigenvalue weighted by atomic mass is 9.95. The number of aliphatic hydroxyl groups is 1. The molecule has 1 saturated heterocycles. The van der Waals surface area contributed by atoms with Gasteiger partial charge >= 0.3 is 5.91 Å². The van der Waals surface area contributed by atoms with Crippen LogP contribution in [0.25, 0.3) is 5.76 Å². The first kappa shape index (κ1) is 25.1. The first-order chi connectivity index (χ1) is 17.8. The second-order valence-electron chi connectivity index (χ2n) is 8.56. The molecule has 1 atom stereocenters. The van der Waals surface area contributed by atoms with E-state index in [-0.39, 0.29) is 11.3 Å². The van der Waals surface area contributed by atoms with Crippen LogP contribution in [0.3, 0.4) is 0 Å². The molecule has 1 aliphatic heterocycles. The zero-order valence-corrected chi connectivity index (χ0v) is 23.0. The third-order valence-electron chi connectivity index (χ3n) is 6.13. The maximum atomic E-state index is 13.2. The van der Waals surface area contributed by atoms with Gasteiger partial charge in [0.2, 0.25) is 5.13 Å². The fourth-order valence-corrected chi connectivity index (χ4v) is 5.25. The van der Waals surface area contributed by atoms with Gasteiger partial charge in [0, 0.05) is 9.13 Å². The van der Waals surface area contributed by atoms with E-state index in [1.165, 1.54) is 16.2 Å². The van der Waals surface area contributed by atoms with Gasteiger partial charge in [-0.1, -0.05) is 47.7 Å².